The molecule has 0 aliphatic rings. The predicted molar refractivity (Wildman–Crippen MR) is 93.4 cm³/mol. The van der Waals surface area contributed by atoms with E-state index in [4.69, 9.17) is 23.2 Å². The van der Waals surface area contributed by atoms with E-state index in [1.54, 1.807) is 24.3 Å². The van der Waals surface area contributed by atoms with Gasteiger partial charge in [-0.25, -0.2) is 12.4 Å². The fourth-order valence-electron chi connectivity index (χ4n) is 2.20. The molecule has 122 valence electrons. The molecule has 4 nitrogen and oxygen atoms in total. The summed E-state index contributed by atoms with van der Waals surface area (Å²) in [6, 6.07) is 14.0. The Hall–Kier alpha value is -2.08. The Kier molecular flexibility index (Phi) is 4.49. The molecule has 3 aromatic rings. The second-order valence-corrected chi connectivity index (χ2v) is 7.69. The van der Waals surface area contributed by atoms with E-state index in [0.717, 1.165) is 3.97 Å². The first kappa shape index (κ1) is 16.8. The Morgan fingerprint density at radius 1 is 0.958 bits per heavy atom. The highest BCUT2D eigenvalue weighted by atomic mass is 35.5. The second-order valence-electron chi connectivity index (χ2n) is 5.00. The summed E-state index contributed by atoms with van der Waals surface area (Å²) in [6.07, 6.45) is 2.61. The lowest BCUT2D eigenvalue weighted by atomic mass is 10.1. The number of halogens is 2. The Morgan fingerprint density at radius 2 is 1.67 bits per heavy atom. The largest absolute Gasteiger partial charge is 0.288 e. The summed E-state index contributed by atoms with van der Waals surface area (Å²) in [5.74, 6) is -0.376. The van der Waals surface area contributed by atoms with Gasteiger partial charge in [-0.1, -0.05) is 41.4 Å². The zero-order valence-electron chi connectivity index (χ0n) is 12.2. The molecule has 0 radical (unpaired) electrons. The smallest absolute Gasteiger partial charge is 0.267 e. The average Bonchev–Trinajstić information content (AvgIpc) is 3.06. The van der Waals surface area contributed by atoms with Crippen LogP contribution in [0.1, 0.15) is 15.9 Å². The number of rotatable bonds is 4. The van der Waals surface area contributed by atoms with Gasteiger partial charge in [0.25, 0.3) is 10.0 Å². The van der Waals surface area contributed by atoms with Crippen LogP contribution < -0.4 is 0 Å². The van der Waals surface area contributed by atoms with Crippen LogP contribution in [-0.4, -0.2) is 18.2 Å². The van der Waals surface area contributed by atoms with Crippen molar-refractivity contribution in [2.75, 3.05) is 0 Å². The first-order valence-corrected chi connectivity index (χ1v) is 9.07. The molecule has 0 aliphatic heterocycles. The molecule has 0 saturated heterocycles. The molecular formula is C17H11Cl2NO3S. The summed E-state index contributed by atoms with van der Waals surface area (Å²) in [6.45, 7) is 0. The van der Waals surface area contributed by atoms with Crippen LogP contribution in [0.4, 0.5) is 0 Å². The quantitative estimate of drug-likeness (QED) is 0.636. The van der Waals surface area contributed by atoms with E-state index in [-0.39, 0.29) is 26.8 Å². The van der Waals surface area contributed by atoms with E-state index in [1.807, 2.05) is 0 Å². The molecule has 0 amide bonds. The minimum absolute atomic E-state index is 0.143. The maximum atomic E-state index is 12.5. The first-order valence-electron chi connectivity index (χ1n) is 6.88. The number of ketones is 1. The van der Waals surface area contributed by atoms with E-state index >= 15 is 0 Å². The molecule has 0 spiro atoms. The molecule has 3 rings (SSSR count). The zero-order chi connectivity index (χ0) is 17.3. The molecule has 1 heterocycles. The van der Waals surface area contributed by atoms with Gasteiger partial charge in [-0.05, 0) is 36.4 Å². The topological polar surface area (TPSA) is 56.1 Å². The minimum Gasteiger partial charge on any atom is -0.288 e. The molecule has 0 aliphatic carbocycles. The molecule has 7 heteroatoms. The highest BCUT2D eigenvalue weighted by Gasteiger charge is 2.20. The molecule has 0 N–H and O–H groups in total. The zero-order valence-corrected chi connectivity index (χ0v) is 14.5. The summed E-state index contributed by atoms with van der Waals surface area (Å²) in [5.41, 5.74) is 0.481. The molecule has 0 bridgehead atoms. The number of hydrogen-bond donors (Lipinski definition) is 0. The van der Waals surface area contributed by atoms with Gasteiger partial charge in [-0.2, -0.15) is 0 Å². The van der Waals surface area contributed by atoms with Crippen LogP contribution in [0.15, 0.2) is 71.9 Å². The van der Waals surface area contributed by atoms with Crippen molar-refractivity contribution in [2.24, 2.45) is 0 Å². The van der Waals surface area contributed by atoms with Crippen molar-refractivity contribution in [3.8, 4) is 0 Å². The van der Waals surface area contributed by atoms with Crippen molar-refractivity contribution in [1.29, 1.82) is 0 Å². The molecule has 1 aromatic heterocycles. The summed E-state index contributed by atoms with van der Waals surface area (Å²) in [7, 11) is -3.74. The molecular weight excluding hydrogens is 369 g/mol. The monoisotopic (exact) mass is 379 g/mol. The number of hydrogen-bond acceptors (Lipinski definition) is 3. The van der Waals surface area contributed by atoms with Crippen molar-refractivity contribution in [3.05, 3.63) is 88.2 Å². The fraction of sp³-hybridized carbons (Fsp3) is 0. The first-order chi connectivity index (χ1) is 11.4. The van der Waals surface area contributed by atoms with Gasteiger partial charge in [0.15, 0.2) is 5.78 Å². The number of nitrogens with zero attached hydrogens (tertiary/aromatic N) is 1. The summed E-state index contributed by atoms with van der Waals surface area (Å²) >= 11 is 11.9. The van der Waals surface area contributed by atoms with Crippen molar-refractivity contribution in [3.63, 3.8) is 0 Å². The third-order valence-corrected chi connectivity index (χ3v) is 5.62. The Labute approximate surface area is 149 Å². The lowest BCUT2D eigenvalue weighted by molar-refractivity contribution is 0.103. The van der Waals surface area contributed by atoms with Crippen LogP contribution in [0, 0.1) is 0 Å². The molecule has 24 heavy (non-hydrogen) atoms. The number of carbonyl (C=O) groups is 1. The summed E-state index contributed by atoms with van der Waals surface area (Å²) < 4.78 is 26.1. The summed E-state index contributed by atoms with van der Waals surface area (Å²) in [5, 5.41) is 0.631. The lowest BCUT2D eigenvalue weighted by Crippen LogP contribution is -2.11. The SMILES string of the molecule is O=C(c1ccn(S(=O)(=O)c2ccccc2)c1)c1ccc(Cl)cc1Cl. The Bertz CT molecular complexity index is 1010. The standard InChI is InChI=1S/C17H11Cl2NO3S/c18-13-6-7-15(16(19)10-13)17(21)12-8-9-20(11-12)24(22,23)14-4-2-1-3-5-14/h1-11H. The van der Waals surface area contributed by atoms with Crippen LogP contribution in [0.5, 0.6) is 0 Å². The minimum atomic E-state index is -3.74. The number of carbonyl (C=O) groups excluding carboxylic acids is 1. The third kappa shape index (κ3) is 3.11. The van der Waals surface area contributed by atoms with Gasteiger partial charge in [0, 0.05) is 28.5 Å². The van der Waals surface area contributed by atoms with Gasteiger partial charge in [0.2, 0.25) is 0 Å². The van der Waals surface area contributed by atoms with E-state index < -0.39 is 10.0 Å². The fourth-order valence-corrected chi connectivity index (χ4v) is 3.92. The van der Waals surface area contributed by atoms with Gasteiger partial charge in [0.05, 0.1) is 9.92 Å². The van der Waals surface area contributed by atoms with E-state index in [0.29, 0.717) is 5.02 Å². The van der Waals surface area contributed by atoms with Crippen molar-refractivity contribution in [2.45, 2.75) is 4.90 Å². The summed E-state index contributed by atoms with van der Waals surface area (Å²) in [4.78, 5) is 12.7. The van der Waals surface area contributed by atoms with Crippen LogP contribution in [-0.2, 0) is 10.0 Å². The average molecular weight is 380 g/mol. The Morgan fingerprint density at radius 3 is 2.33 bits per heavy atom. The number of aromatic nitrogens is 1. The second kappa shape index (κ2) is 6.43. The van der Waals surface area contributed by atoms with Crippen LogP contribution in [0.2, 0.25) is 10.0 Å². The van der Waals surface area contributed by atoms with Crippen molar-refractivity contribution in [1.82, 2.24) is 3.97 Å². The van der Waals surface area contributed by atoms with E-state index in [1.165, 1.54) is 42.7 Å². The van der Waals surface area contributed by atoms with Crippen molar-refractivity contribution < 1.29 is 13.2 Å². The molecule has 0 saturated carbocycles. The molecule has 0 atom stereocenters. The van der Waals surface area contributed by atoms with Crippen LogP contribution >= 0.6 is 23.2 Å². The van der Waals surface area contributed by atoms with Crippen molar-refractivity contribution >= 4 is 39.0 Å². The normalized spacial score (nSPS) is 11.4. The maximum Gasteiger partial charge on any atom is 0.267 e. The van der Waals surface area contributed by atoms with Gasteiger partial charge in [0.1, 0.15) is 0 Å². The molecule has 2 aromatic carbocycles. The van der Waals surface area contributed by atoms with Gasteiger partial charge < -0.3 is 0 Å². The predicted octanol–water partition coefficient (Wildman–Crippen LogP) is 4.26. The molecule has 0 fully saturated rings. The van der Waals surface area contributed by atoms with E-state index in [9.17, 15) is 13.2 Å². The van der Waals surface area contributed by atoms with E-state index in [2.05, 4.69) is 0 Å². The van der Waals surface area contributed by atoms with Gasteiger partial charge >= 0.3 is 0 Å². The van der Waals surface area contributed by atoms with Gasteiger partial charge in [-0.15, -0.1) is 0 Å². The molecule has 0 unspecified atom stereocenters. The van der Waals surface area contributed by atoms with Crippen LogP contribution in [0.25, 0.3) is 0 Å². The lowest BCUT2D eigenvalue weighted by Gasteiger charge is -2.05. The Balaban J connectivity index is 1.98. The maximum absolute atomic E-state index is 12.5. The van der Waals surface area contributed by atoms with Crippen LogP contribution in [0.3, 0.4) is 0 Å². The third-order valence-electron chi connectivity index (χ3n) is 3.42. The highest BCUT2D eigenvalue weighted by Crippen LogP contribution is 2.24. The highest BCUT2D eigenvalue weighted by molar-refractivity contribution is 7.90. The number of benzene rings is 2. The van der Waals surface area contributed by atoms with Gasteiger partial charge in [-0.3, -0.25) is 4.79 Å².